The number of nitrogens with one attached hydrogen (secondary N) is 2. The first-order chi connectivity index (χ1) is 9.27. The molecule has 1 heterocycles. The van der Waals surface area contributed by atoms with E-state index in [0.717, 1.165) is 30.7 Å². The van der Waals surface area contributed by atoms with E-state index in [0.29, 0.717) is 19.7 Å². The van der Waals surface area contributed by atoms with Gasteiger partial charge < -0.3 is 15.4 Å². The third kappa shape index (κ3) is 3.75. The molecule has 1 amide bonds. The van der Waals surface area contributed by atoms with Crippen LogP contribution >= 0.6 is 11.3 Å². The van der Waals surface area contributed by atoms with Crippen molar-refractivity contribution in [3.8, 4) is 0 Å². The van der Waals surface area contributed by atoms with Gasteiger partial charge in [0.05, 0.1) is 18.7 Å². The molecule has 0 spiro atoms. The van der Waals surface area contributed by atoms with Gasteiger partial charge in [-0.15, -0.1) is 11.3 Å². The third-order valence-corrected chi connectivity index (χ3v) is 4.42. The summed E-state index contributed by atoms with van der Waals surface area (Å²) in [5.41, 5.74) is -0.228. The van der Waals surface area contributed by atoms with Crippen molar-refractivity contribution in [2.24, 2.45) is 0 Å². The average molecular weight is 283 g/mol. The van der Waals surface area contributed by atoms with E-state index in [4.69, 9.17) is 4.74 Å². The SMILES string of the molecule is COCCNCC(=O)NC1(c2nccs2)CCCC1. The fraction of sp³-hybridized carbons (Fsp3) is 0.692. The lowest BCUT2D eigenvalue weighted by atomic mass is 9.98. The molecule has 1 aliphatic carbocycles. The van der Waals surface area contributed by atoms with Crippen LogP contribution in [0.15, 0.2) is 11.6 Å². The molecule has 1 fully saturated rings. The van der Waals surface area contributed by atoms with Crippen molar-refractivity contribution in [2.75, 3.05) is 26.8 Å². The fourth-order valence-corrected chi connectivity index (χ4v) is 3.37. The number of methoxy groups -OCH3 is 1. The van der Waals surface area contributed by atoms with Crippen molar-refractivity contribution in [1.29, 1.82) is 0 Å². The summed E-state index contributed by atoms with van der Waals surface area (Å²) < 4.78 is 4.93. The highest BCUT2D eigenvalue weighted by molar-refractivity contribution is 7.09. The fourth-order valence-electron chi connectivity index (χ4n) is 2.52. The largest absolute Gasteiger partial charge is 0.383 e. The van der Waals surface area contributed by atoms with Crippen LogP contribution in [0.3, 0.4) is 0 Å². The number of carbonyl (C=O) groups excluding carboxylic acids is 1. The van der Waals surface area contributed by atoms with Gasteiger partial charge in [-0.05, 0) is 12.8 Å². The van der Waals surface area contributed by atoms with Crippen LogP contribution in [-0.4, -0.2) is 37.7 Å². The molecule has 0 atom stereocenters. The zero-order valence-electron chi connectivity index (χ0n) is 11.3. The molecule has 0 aliphatic heterocycles. The van der Waals surface area contributed by atoms with Gasteiger partial charge in [-0.25, -0.2) is 4.98 Å². The van der Waals surface area contributed by atoms with E-state index in [1.807, 2.05) is 11.6 Å². The second kappa shape index (κ2) is 6.98. The molecular weight excluding hydrogens is 262 g/mol. The minimum atomic E-state index is -0.228. The Morgan fingerprint density at radius 3 is 2.95 bits per heavy atom. The first-order valence-electron chi connectivity index (χ1n) is 6.67. The van der Waals surface area contributed by atoms with Crippen LogP contribution in [0.5, 0.6) is 0 Å². The number of ether oxygens (including phenoxy) is 1. The van der Waals surface area contributed by atoms with E-state index in [1.54, 1.807) is 18.4 Å². The maximum atomic E-state index is 12.0. The number of hydrogen-bond acceptors (Lipinski definition) is 5. The summed E-state index contributed by atoms with van der Waals surface area (Å²) in [4.78, 5) is 16.4. The Labute approximate surface area is 117 Å². The molecule has 19 heavy (non-hydrogen) atoms. The molecule has 0 unspecified atom stereocenters. The molecule has 2 N–H and O–H groups in total. The zero-order valence-corrected chi connectivity index (χ0v) is 12.1. The highest BCUT2D eigenvalue weighted by atomic mass is 32.1. The van der Waals surface area contributed by atoms with Gasteiger partial charge in [0.15, 0.2) is 0 Å². The molecule has 1 saturated carbocycles. The molecule has 5 nitrogen and oxygen atoms in total. The molecule has 0 bridgehead atoms. The Bertz CT molecular complexity index is 389. The maximum absolute atomic E-state index is 12.0. The molecule has 0 radical (unpaired) electrons. The van der Waals surface area contributed by atoms with Crippen LogP contribution in [-0.2, 0) is 15.1 Å². The second-order valence-electron chi connectivity index (χ2n) is 4.84. The predicted octanol–water partition coefficient (Wildman–Crippen LogP) is 1.26. The standard InChI is InChI=1S/C13H21N3O2S/c1-18-8-6-14-10-11(17)16-13(4-2-3-5-13)12-15-7-9-19-12/h7,9,14H,2-6,8,10H2,1H3,(H,16,17). The molecular formula is C13H21N3O2S. The highest BCUT2D eigenvalue weighted by Crippen LogP contribution is 2.39. The van der Waals surface area contributed by atoms with E-state index in [-0.39, 0.29) is 11.4 Å². The van der Waals surface area contributed by atoms with Crippen molar-refractivity contribution >= 4 is 17.2 Å². The van der Waals surface area contributed by atoms with Crippen molar-refractivity contribution in [2.45, 2.75) is 31.2 Å². The molecule has 1 aromatic rings. The van der Waals surface area contributed by atoms with Crippen LogP contribution in [0.1, 0.15) is 30.7 Å². The molecule has 0 aromatic carbocycles. The lowest BCUT2D eigenvalue weighted by molar-refractivity contribution is -0.122. The van der Waals surface area contributed by atoms with Gasteiger partial charge in [-0.1, -0.05) is 12.8 Å². The minimum Gasteiger partial charge on any atom is -0.383 e. The number of amides is 1. The lowest BCUT2D eigenvalue weighted by Gasteiger charge is -2.28. The van der Waals surface area contributed by atoms with Gasteiger partial charge in [0.2, 0.25) is 5.91 Å². The van der Waals surface area contributed by atoms with E-state index in [9.17, 15) is 4.79 Å². The second-order valence-corrected chi connectivity index (χ2v) is 5.74. The smallest absolute Gasteiger partial charge is 0.234 e. The van der Waals surface area contributed by atoms with Crippen molar-refractivity contribution < 1.29 is 9.53 Å². The summed E-state index contributed by atoms with van der Waals surface area (Å²) in [6, 6.07) is 0. The number of thiazole rings is 1. The van der Waals surface area contributed by atoms with E-state index >= 15 is 0 Å². The first-order valence-corrected chi connectivity index (χ1v) is 7.55. The summed E-state index contributed by atoms with van der Waals surface area (Å²) in [5, 5.41) is 9.25. The number of nitrogens with zero attached hydrogens (tertiary/aromatic N) is 1. The lowest BCUT2D eigenvalue weighted by Crippen LogP contribution is -2.47. The molecule has 106 valence electrons. The Morgan fingerprint density at radius 1 is 1.53 bits per heavy atom. The summed E-state index contributed by atoms with van der Waals surface area (Å²) in [5.74, 6) is 0.0354. The Hall–Kier alpha value is -0.980. The summed E-state index contributed by atoms with van der Waals surface area (Å²) >= 11 is 1.63. The molecule has 2 rings (SSSR count). The number of carbonyl (C=O) groups is 1. The van der Waals surface area contributed by atoms with Crippen molar-refractivity contribution in [3.05, 3.63) is 16.6 Å². The molecule has 6 heteroatoms. The monoisotopic (exact) mass is 283 g/mol. The first kappa shape index (κ1) is 14.4. The predicted molar refractivity (Wildman–Crippen MR) is 75.1 cm³/mol. The van der Waals surface area contributed by atoms with Gasteiger partial charge in [0.1, 0.15) is 5.01 Å². The van der Waals surface area contributed by atoms with Crippen LogP contribution in [0.25, 0.3) is 0 Å². The molecule has 0 saturated heterocycles. The van der Waals surface area contributed by atoms with Crippen LogP contribution in [0.2, 0.25) is 0 Å². The number of aromatic nitrogens is 1. The van der Waals surface area contributed by atoms with Crippen LogP contribution < -0.4 is 10.6 Å². The zero-order chi connectivity index (χ0) is 13.6. The summed E-state index contributed by atoms with van der Waals surface area (Å²) in [7, 11) is 1.65. The van der Waals surface area contributed by atoms with E-state index < -0.39 is 0 Å². The van der Waals surface area contributed by atoms with Crippen LogP contribution in [0, 0.1) is 0 Å². The highest BCUT2D eigenvalue weighted by Gasteiger charge is 2.38. The van der Waals surface area contributed by atoms with E-state index in [1.165, 1.54) is 0 Å². The topological polar surface area (TPSA) is 63.2 Å². The average Bonchev–Trinajstić information content (AvgIpc) is 3.05. The van der Waals surface area contributed by atoms with Crippen molar-refractivity contribution in [1.82, 2.24) is 15.6 Å². The van der Waals surface area contributed by atoms with Gasteiger partial charge in [0, 0.05) is 25.2 Å². The summed E-state index contributed by atoms with van der Waals surface area (Å²) in [6.45, 7) is 1.63. The van der Waals surface area contributed by atoms with Gasteiger partial charge in [-0.2, -0.15) is 0 Å². The molecule has 1 aliphatic rings. The van der Waals surface area contributed by atoms with Gasteiger partial charge in [-0.3, -0.25) is 4.79 Å². The number of hydrogen-bond donors (Lipinski definition) is 2. The van der Waals surface area contributed by atoms with Gasteiger partial charge >= 0.3 is 0 Å². The number of rotatable bonds is 7. The van der Waals surface area contributed by atoms with E-state index in [2.05, 4.69) is 15.6 Å². The Kier molecular flexibility index (Phi) is 5.30. The van der Waals surface area contributed by atoms with Crippen LogP contribution in [0.4, 0.5) is 0 Å². The minimum absolute atomic E-state index is 0.0354. The Morgan fingerprint density at radius 2 is 2.32 bits per heavy atom. The third-order valence-electron chi connectivity index (χ3n) is 3.45. The summed E-state index contributed by atoms with van der Waals surface area (Å²) in [6.07, 6.45) is 6.09. The van der Waals surface area contributed by atoms with Gasteiger partial charge in [0.25, 0.3) is 0 Å². The quantitative estimate of drug-likeness (QED) is 0.740. The Balaban J connectivity index is 1.89. The molecule has 1 aromatic heterocycles. The van der Waals surface area contributed by atoms with Crippen molar-refractivity contribution in [3.63, 3.8) is 0 Å². The maximum Gasteiger partial charge on any atom is 0.234 e. The normalized spacial score (nSPS) is 17.5.